The summed E-state index contributed by atoms with van der Waals surface area (Å²) in [7, 11) is 0. The second-order valence-corrected chi connectivity index (χ2v) is 7.06. The van der Waals surface area contributed by atoms with Crippen LogP contribution in [0, 0.1) is 0 Å². The molecule has 0 unspecified atom stereocenters. The quantitative estimate of drug-likeness (QED) is 0.287. The van der Waals surface area contributed by atoms with E-state index in [0.29, 0.717) is 17.5 Å². The molecule has 0 spiro atoms. The van der Waals surface area contributed by atoms with Crippen molar-refractivity contribution < 1.29 is 0 Å². The Hall–Kier alpha value is -3.77. The van der Waals surface area contributed by atoms with E-state index in [1.165, 1.54) is 0 Å². The second kappa shape index (κ2) is 11.9. The Kier molecular flexibility index (Phi) is 8.71. The Morgan fingerprint density at radius 1 is 0.853 bits per heavy atom. The number of aromatic nitrogens is 5. The van der Waals surface area contributed by atoms with E-state index in [4.69, 9.17) is 27.3 Å². The highest BCUT2D eigenvalue weighted by Crippen LogP contribution is 2.31. The number of alkyl halides is 1. The third-order valence-electron chi connectivity index (χ3n) is 4.89. The van der Waals surface area contributed by atoms with Crippen LogP contribution >= 0.6 is 11.6 Å². The van der Waals surface area contributed by atoms with Gasteiger partial charge in [-0.3, -0.25) is 9.55 Å². The lowest BCUT2D eigenvalue weighted by Gasteiger charge is -2.11. The molecule has 6 nitrogen and oxygen atoms in total. The molecule has 0 bridgehead atoms. The molecule has 174 valence electrons. The molecule has 4 aromatic heterocycles. The van der Waals surface area contributed by atoms with Crippen molar-refractivity contribution in [3.8, 4) is 28.3 Å². The number of pyridine rings is 3. The number of nitrogens with two attached hydrogens (primary N) is 1. The fraction of sp³-hybridized carbons (Fsp3) is 0.185. The van der Waals surface area contributed by atoms with E-state index in [2.05, 4.69) is 9.97 Å². The first-order valence-corrected chi connectivity index (χ1v) is 11.9. The van der Waals surface area contributed by atoms with Crippen LogP contribution in [0.2, 0.25) is 0 Å². The molecule has 34 heavy (non-hydrogen) atoms. The Bertz CT molecular complexity index is 1330. The predicted molar refractivity (Wildman–Crippen MR) is 142 cm³/mol. The number of nitrogen functional groups attached to an aromatic ring is 1. The first-order chi connectivity index (χ1) is 16.7. The van der Waals surface area contributed by atoms with Gasteiger partial charge in [-0.05, 0) is 54.1 Å². The topological polar surface area (TPSA) is 82.5 Å². The van der Waals surface area contributed by atoms with Crippen LogP contribution < -0.4 is 5.73 Å². The van der Waals surface area contributed by atoms with Crippen LogP contribution in [0.25, 0.3) is 39.5 Å². The summed E-state index contributed by atoms with van der Waals surface area (Å²) in [6.45, 7) is 8.00. The molecule has 5 rings (SSSR count). The number of benzene rings is 1. The van der Waals surface area contributed by atoms with Gasteiger partial charge in [0.15, 0.2) is 11.5 Å². The minimum atomic E-state index is 0.416. The number of nitrogens with zero attached hydrogens (tertiary/aromatic N) is 5. The van der Waals surface area contributed by atoms with Crippen LogP contribution in [0.15, 0.2) is 79.3 Å². The van der Waals surface area contributed by atoms with Gasteiger partial charge >= 0.3 is 0 Å². The number of halogens is 1. The fourth-order valence-corrected chi connectivity index (χ4v) is 3.58. The predicted octanol–water partition coefficient (Wildman–Crippen LogP) is 6.92. The summed E-state index contributed by atoms with van der Waals surface area (Å²) in [5, 5.41) is 0. The minimum Gasteiger partial charge on any atom is -0.383 e. The highest BCUT2D eigenvalue weighted by molar-refractivity contribution is 6.17. The lowest BCUT2D eigenvalue weighted by molar-refractivity contribution is 1.07. The van der Waals surface area contributed by atoms with E-state index in [9.17, 15) is 0 Å². The van der Waals surface area contributed by atoms with Crippen molar-refractivity contribution in [3.63, 3.8) is 0 Å². The third-order valence-corrected chi connectivity index (χ3v) is 5.20. The number of rotatable bonds is 4. The smallest absolute Gasteiger partial charge is 0.165 e. The van der Waals surface area contributed by atoms with Gasteiger partial charge in [0.2, 0.25) is 0 Å². The van der Waals surface area contributed by atoms with Crippen molar-refractivity contribution in [2.24, 2.45) is 0 Å². The number of fused-ring (bicyclic) bond motifs is 1. The van der Waals surface area contributed by atoms with Crippen molar-refractivity contribution in [2.75, 3.05) is 5.73 Å². The average Bonchev–Trinajstić information content (AvgIpc) is 3.30. The normalized spacial score (nSPS) is 10.1. The van der Waals surface area contributed by atoms with Gasteiger partial charge in [-0.1, -0.05) is 39.8 Å². The molecule has 0 aliphatic rings. The van der Waals surface area contributed by atoms with Crippen LogP contribution in [0.3, 0.4) is 0 Å². The van der Waals surface area contributed by atoms with Crippen molar-refractivity contribution >= 4 is 28.6 Å². The molecule has 0 aliphatic carbocycles. The SMILES string of the molecule is CC.CC.Nc1ncccc1-c1nc2ccc(-c3cccnc3)nc2n1-c1ccc(CCl)cc1. The van der Waals surface area contributed by atoms with Crippen LogP contribution in [0.1, 0.15) is 33.3 Å². The van der Waals surface area contributed by atoms with Gasteiger partial charge in [0.1, 0.15) is 11.3 Å². The molecule has 0 atom stereocenters. The van der Waals surface area contributed by atoms with Gasteiger partial charge in [-0.2, -0.15) is 0 Å². The molecule has 2 N–H and O–H groups in total. The Balaban J connectivity index is 0.000000771. The lowest BCUT2D eigenvalue weighted by atomic mass is 10.2. The van der Waals surface area contributed by atoms with Gasteiger partial charge in [0, 0.05) is 35.7 Å². The van der Waals surface area contributed by atoms with E-state index in [1.54, 1.807) is 18.6 Å². The van der Waals surface area contributed by atoms with Crippen LogP contribution in [-0.2, 0) is 5.88 Å². The Morgan fingerprint density at radius 2 is 1.59 bits per heavy atom. The zero-order valence-corrected chi connectivity index (χ0v) is 20.7. The molecular weight excluding hydrogens is 444 g/mol. The van der Waals surface area contributed by atoms with Gasteiger partial charge in [0.05, 0.1) is 11.3 Å². The number of anilines is 1. The zero-order chi connectivity index (χ0) is 24.5. The van der Waals surface area contributed by atoms with Crippen LogP contribution in [-0.4, -0.2) is 24.5 Å². The standard InChI is InChI=1S/C23H17ClN6.2C2H6/c24-13-15-5-7-17(8-6-15)30-22(18-4-2-12-27-21(18)25)29-20-10-9-19(28-23(20)30)16-3-1-11-26-14-16;2*1-2/h1-12,14H,13H2,(H2,25,27);2*1-2H3. The Labute approximate surface area is 205 Å². The summed E-state index contributed by atoms with van der Waals surface area (Å²) >= 11 is 5.97. The van der Waals surface area contributed by atoms with Gasteiger partial charge < -0.3 is 5.73 Å². The largest absolute Gasteiger partial charge is 0.383 e. The maximum atomic E-state index is 6.18. The maximum absolute atomic E-state index is 6.18. The molecular formula is C27H29ClN6. The third kappa shape index (κ3) is 5.07. The summed E-state index contributed by atoms with van der Waals surface area (Å²) in [6, 6.07) is 19.6. The maximum Gasteiger partial charge on any atom is 0.165 e. The summed E-state index contributed by atoms with van der Waals surface area (Å²) in [5.41, 5.74) is 12.1. The molecule has 0 fully saturated rings. The highest BCUT2D eigenvalue weighted by Gasteiger charge is 2.18. The number of imidazole rings is 1. The van der Waals surface area contributed by atoms with Crippen molar-refractivity contribution in [2.45, 2.75) is 33.6 Å². The number of hydrogen-bond acceptors (Lipinski definition) is 5. The first-order valence-electron chi connectivity index (χ1n) is 11.4. The molecule has 4 heterocycles. The first kappa shape index (κ1) is 24.9. The number of hydrogen-bond donors (Lipinski definition) is 1. The summed E-state index contributed by atoms with van der Waals surface area (Å²) in [5.74, 6) is 1.56. The van der Waals surface area contributed by atoms with Crippen molar-refractivity contribution in [3.05, 3.63) is 84.8 Å². The van der Waals surface area contributed by atoms with E-state index in [-0.39, 0.29) is 0 Å². The van der Waals surface area contributed by atoms with Crippen molar-refractivity contribution in [1.82, 2.24) is 24.5 Å². The molecule has 0 saturated carbocycles. The van der Waals surface area contributed by atoms with Crippen LogP contribution in [0.5, 0.6) is 0 Å². The molecule has 1 aromatic carbocycles. The van der Waals surface area contributed by atoms with E-state index in [1.807, 2.05) is 92.9 Å². The van der Waals surface area contributed by atoms with Gasteiger partial charge in [-0.15, -0.1) is 11.6 Å². The van der Waals surface area contributed by atoms with Gasteiger partial charge in [-0.25, -0.2) is 15.0 Å². The van der Waals surface area contributed by atoms with Crippen LogP contribution in [0.4, 0.5) is 5.82 Å². The zero-order valence-electron chi connectivity index (χ0n) is 19.9. The monoisotopic (exact) mass is 472 g/mol. The molecule has 7 heteroatoms. The summed E-state index contributed by atoms with van der Waals surface area (Å²) in [4.78, 5) is 18.2. The van der Waals surface area contributed by atoms with Crippen molar-refractivity contribution in [1.29, 1.82) is 0 Å². The molecule has 0 amide bonds. The second-order valence-electron chi connectivity index (χ2n) is 6.79. The fourth-order valence-electron chi connectivity index (χ4n) is 3.40. The van der Waals surface area contributed by atoms with E-state index >= 15 is 0 Å². The molecule has 5 aromatic rings. The Morgan fingerprint density at radius 3 is 2.24 bits per heavy atom. The highest BCUT2D eigenvalue weighted by atomic mass is 35.5. The summed E-state index contributed by atoms with van der Waals surface area (Å²) < 4.78 is 2.00. The van der Waals surface area contributed by atoms with Gasteiger partial charge in [0.25, 0.3) is 0 Å². The molecule has 0 radical (unpaired) electrons. The average molecular weight is 473 g/mol. The van der Waals surface area contributed by atoms with E-state index in [0.717, 1.165) is 39.2 Å². The summed E-state index contributed by atoms with van der Waals surface area (Å²) in [6.07, 6.45) is 5.21. The minimum absolute atomic E-state index is 0.416. The lowest BCUT2D eigenvalue weighted by Crippen LogP contribution is -2.02. The molecule has 0 saturated heterocycles. The van der Waals surface area contributed by atoms with E-state index < -0.39 is 0 Å². The molecule has 0 aliphatic heterocycles.